The molecule has 168 valence electrons. The molecule has 6 rings (SSSR count). The number of imide groups is 1. The van der Waals surface area contributed by atoms with Crippen LogP contribution >= 0.6 is 0 Å². The smallest absolute Gasteiger partial charge is 0.269 e. The molecule has 3 amide bonds. The number of allylic oxidation sites excluding steroid dienone is 2. The number of hydrogen-bond acceptors (Lipinski definition) is 6. The molecule has 4 atom stereocenters. The Labute approximate surface area is 185 Å². The molecule has 2 heterocycles. The highest BCUT2D eigenvalue weighted by Crippen LogP contribution is 2.49. The van der Waals surface area contributed by atoms with Crippen molar-refractivity contribution in [2.24, 2.45) is 23.7 Å². The summed E-state index contributed by atoms with van der Waals surface area (Å²) in [5, 5.41) is 10.8. The van der Waals surface area contributed by atoms with E-state index in [0.29, 0.717) is 26.2 Å². The lowest BCUT2D eigenvalue weighted by Gasteiger charge is -2.38. The van der Waals surface area contributed by atoms with Crippen LogP contribution in [0.15, 0.2) is 36.4 Å². The van der Waals surface area contributed by atoms with Crippen LogP contribution in [0.25, 0.3) is 0 Å². The average Bonchev–Trinajstić information content (AvgIpc) is 3.10. The summed E-state index contributed by atoms with van der Waals surface area (Å²) in [7, 11) is 0. The van der Waals surface area contributed by atoms with Crippen molar-refractivity contribution in [3.8, 4) is 0 Å². The molecule has 0 radical (unpaired) electrons. The highest BCUT2D eigenvalue weighted by atomic mass is 16.6. The molecule has 0 spiro atoms. The SMILES string of the molecule is O=C(CCN1C(=O)[C@@H]2[C@@H](C1=O)[C@H]1C=C[C@H]2CC1)N1CCN(c2ccc([N+](=O)[O-])cc2)CC1. The van der Waals surface area contributed by atoms with Gasteiger partial charge in [-0.3, -0.25) is 29.4 Å². The van der Waals surface area contributed by atoms with Crippen LogP contribution in [0, 0.1) is 33.8 Å². The Morgan fingerprint density at radius 3 is 2.00 bits per heavy atom. The predicted octanol–water partition coefficient (Wildman–Crippen LogP) is 1.83. The van der Waals surface area contributed by atoms with Crippen LogP contribution < -0.4 is 4.90 Å². The lowest BCUT2D eigenvalue weighted by molar-refractivity contribution is -0.384. The number of benzene rings is 1. The van der Waals surface area contributed by atoms with Crippen LogP contribution in [0.1, 0.15) is 19.3 Å². The van der Waals surface area contributed by atoms with Gasteiger partial charge in [-0.15, -0.1) is 0 Å². The maximum Gasteiger partial charge on any atom is 0.269 e. The first-order valence-corrected chi connectivity index (χ1v) is 11.2. The summed E-state index contributed by atoms with van der Waals surface area (Å²) in [6.07, 6.45) is 6.27. The molecule has 9 nitrogen and oxygen atoms in total. The number of carbonyl (C=O) groups excluding carboxylic acids is 3. The number of amides is 3. The lowest BCUT2D eigenvalue weighted by atomic mass is 9.63. The molecular weight excluding hydrogens is 412 g/mol. The Morgan fingerprint density at radius 2 is 1.50 bits per heavy atom. The highest BCUT2D eigenvalue weighted by molar-refractivity contribution is 6.06. The number of rotatable bonds is 5. The third kappa shape index (κ3) is 3.45. The van der Waals surface area contributed by atoms with Crippen molar-refractivity contribution in [3.63, 3.8) is 0 Å². The summed E-state index contributed by atoms with van der Waals surface area (Å²) in [6.45, 7) is 2.49. The number of likely N-dealkylation sites (tertiary alicyclic amines) is 1. The normalized spacial score (nSPS) is 28.9. The van der Waals surface area contributed by atoms with E-state index in [2.05, 4.69) is 17.1 Å². The van der Waals surface area contributed by atoms with Crippen molar-refractivity contribution in [3.05, 3.63) is 46.5 Å². The number of nitrogens with zero attached hydrogens (tertiary/aromatic N) is 4. The van der Waals surface area contributed by atoms with Gasteiger partial charge in [0, 0.05) is 57.0 Å². The minimum Gasteiger partial charge on any atom is -0.368 e. The molecule has 9 heteroatoms. The summed E-state index contributed by atoms with van der Waals surface area (Å²) in [5.41, 5.74) is 0.944. The van der Waals surface area contributed by atoms with Gasteiger partial charge in [0.15, 0.2) is 0 Å². The maximum absolute atomic E-state index is 12.9. The van der Waals surface area contributed by atoms with Gasteiger partial charge in [-0.05, 0) is 36.8 Å². The fourth-order valence-corrected chi connectivity index (χ4v) is 5.72. The molecule has 0 unspecified atom stereocenters. The van der Waals surface area contributed by atoms with Gasteiger partial charge in [-0.25, -0.2) is 0 Å². The summed E-state index contributed by atoms with van der Waals surface area (Å²) >= 11 is 0. The van der Waals surface area contributed by atoms with E-state index in [0.717, 1.165) is 18.5 Å². The van der Waals surface area contributed by atoms with Gasteiger partial charge in [-0.2, -0.15) is 0 Å². The molecule has 1 saturated carbocycles. The molecule has 0 N–H and O–H groups in total. The largest absolute Gasteiger partial charge is 0.368 e. The van der Waals surface area contributed by atoms with Crippen LogP contribution in [0.4, 0.5) is 11.4 Å². The van der Waals surface area contributed by atoms with Gasteiger partial charge in [0.05, 0.1) is 16.8 Å². The quantitative estimate of drug-likeness (QED) is 0.301. The third-order valence-corrected chi connectivity index (χ3v) is 7.46. The Morgan fingerprint density at radius 1 is 0.938 bits per heavy atom. The topological polar surface area (TPSA) is 104 Å². The average molecular weight is 438 g/mol. The number of hydrogen-bond donors (Lipinski definition) is 0. The minimum absolute atomic E-state index is 0.0510. The van der Waals surface area contributed by atoms with Crippen molar-refractivity contribution in [1.82, 2.24) is 9.80 Å². The first-order valence-electron chi connectivity index (χ1n) is 11.2. The Balaban J connectivity index is 1.14. The van der Waals surface area contributed by atoms with Crippen LogP contribution in [-0.2, 0) is 14.4 Å². The van der Waals surface area contributed by atoms with Crippen LogP contribution in [0.2, 0.25) is 0 Å². The Hall–Kier alpha value is -3.23. The van der Waals surface area contributed by atoms with Gasteiger partial charge in [-0.1, -0.05) is 12.2 Å². The van der Waals surface area contributed by atoms with Crippen molar-refractivity contribution in [2.75, 3.05) is 37.6 Å². The van der Waals surface area contributed by atoms with Crippen LogP contribution in [-0.4, -0.2) is 65.2 Å². The van der Waals surface area contributed by atoms with Gasteiger partial charge in [0.25, 0.3) is 5.69 Å². The van der Waals surface area contributed by atoms with Gasteiger partial charge >= 0.3 is 0 Å². The molecule has 2 bridgehead atoms. The molecule has 32 heavy (non-hydrogen) atoms. The van der Waals surface area contributed by atoms with E-state index in [1.165, 1.54) is 17.0 Å². The molecule has 2 aliphatic heterocycles. The van der Waals surface area contributed by atoms with Gasteiger partial charge < -0.3 is 9.80 Å². The summed E-state index contributed by atoms with van der Waals surface area (Å²) in [5.74, 6) is -0.392. The second-order valence-corrected chi connectivity index (χ2v) is 9.06. The number of nitro benzene ring substituents is 1. The van der Waals surface area contributed by atoms with E-state index in [1.54, 1.807) is 17.0 Å². The molecule has 0 aromatic heterocycles. The first kappa shape index (κ1) is 20.7. The zero-order valence-corrected chi connectivity index (χ0v) is 17.8. The monoisotopic (exact) mass is 438 g/mol. The Kier molecular flexibility index (Phi) is 5.19. The number of non-ortho nitro benzene ring substituents is 1. The summed E-state index contributed by atoms with van der Waals surface area (Å²) < 4.78 is 0. The second kappa shape index (κ2) is 8.03. The van der Waals surface area contributed by atoms with Crippen LogP contribution in [0.5, 0.6) is 0 Å². The van der Waals surface area contributed by atoms with E-state index in [1.807, 2.05) is 0 Å². The highest BCUT2D eigenvalue weighted by Gasteiger charge is 2.56. The third-order valence-electron chi connectivity index (χ3n) is 7.46. The molecule has 2 saturated heterocycles. The van der Waals surface area contributed by atoms with Crippen molar-refractivity contribution < 1.29 is 19.3 Å². The zero-order chi connectivity index (χ0) is 22.4. The van der Waals surface area contributed by atoms with Crippen molar-refractivity contribution >= 4 is 29.1 Å². The lowest BCUT2D eigenvalue weighted by Crippen LogP contribution is -2.49. The number of piperazine rings is 1. The fourth-order valence-electron chi connectivity index (χ4n) is 5.72. The number of nitro groups is 1. The van der Waals surface area contributed by atoms with E-state index in [4.69, 9.17) is 0 Å². The molecule has 3 aliphatic carbocycles. The standard InChI is InChI=1S/C23H26N4O5/c28-19(25-13-11-24(12-14-25)17-5-7-18(8-6-17)27(31)32)9-10-26-22(29)20-15-1-2-16(4-3-15)21(20)23(26)30/h1-2,5-8,15-16,20-21H,3-4,9-14H2/t15-,16-,20-,21-/m0/s1. The van der Waals surface area contributed by atoms with E-state index in [9.17, 15) is 24.5 Å². The van der Waals surface area contributed by atoms with E-state index >= 15 is 0 Å². The van der Waals surface area contributed by atoms with E-state index in [-0.39, 0.29) is 60.0 Å². The summed E-state index contributed by atoms with van der Waals surface area (Å²) in [4.78, 5) is 54.1. The molecule has 1 aromatic rings. The maximum atomic E-state index is 12.9. The van der Waals surface area contributed by atoms with Gasteiger partial charge in [0.2, 0.25) is 17.7 Å². The number of fused-ring (bicyclic) bond motifs is 1. The molecule has 5 aliphatic rings. The number of anilines is 1. The molecule has 1 aromatic carbocycles. The number of carbonyl (C=O) groups is 3. The molecular formula is C23H26N4O5. The Bertz CT molecular complexity index is 951. The first-order chi connectivity index (χ1) is 15.4. The van der Waals surface area contributed by atoms with E-state index < -0.39 is 4.92 Å². The second-order valence-electron chi connectivity index (χ2n) is 9.06. The predicted molar refractivity (Wildman–Crippen MR) is 116 cm³/mol. The minimum atomic E-state index is -0.424. The van der Waals surface area contributed by atoms with Crippen LogP contribution in [0.3, 0.4) is 0 Å². The van der Waals surface area contributed by atoms with Crippen molar-refractivity contribution in [2.45, 2.75) is 19.3 Å². The summed E-state index contributed by atoms with van der Waals surface area (Å²) in [6, 6.07) is 6.41. The zero-order valence-electron chi connectivity index (χ0n) is 17.8. The fraction of sp³-hybridized carbons (Fsp3) is 0.522. The van der Waals surface area contributed by atoms with Gasteiger partial charge in [0.1, 0.15) is 0 Å². The molecule has 3 fully saturated rings. The van der Waals surface area contributed by atoms with Crippen molar-refractivity contribution in [1.29, 1.82) is 0 Å².